The zero-order valence-corrected chi connectivity index (χ0v) is 17.0. The number of ether oxygens (including phenoxy) is 1. The predicted octanol–water partition coefficient (Wildman–Crippen LogP) is 4.05. The predicted molar refractivity (Wildman–Crippen MR) is 112 cm³/mol. The highest BCUT2D eigenvalue weighted by atomic mass is 35.5. The van der Waals surface area contributed by atoms with Crippen LogP contribution in [0.15, 0.2) is 48.5 Å². The zero-order chi connectivity index (χ0) is 20.2. The van der Waals surface area contributed by atoms with Gasteiger partial charge in [-0.3, -0.25) is 9.59 Å². The molecule has 1 heterocycles. The van der Waals surface area contributed by atoms with Crippen molar-refractivity contribution in [2.75, 3.05) is 13.1 Å². The van der Waals surface area contributed by atoms with Crippen LogP contribution < -0.4 is 10.1 Å². The van der Waals surface area contributed by atoms with E-state index in [0.29, 0.717) is 35.5 Å². The molecule has 1 unspecified atom stereocenters. The van der Waals surface area contributed by atoms with Gasteiger partial charge in [0.25, 0.3) is 5.91 Å². The first kappa shape index (κ1) is 19.8. The fourth-order valence-electron chi connectivity index (χ4n) is 3.63. The van der Waals surface area contributed by atoms with Crippen molar-refractivity contribution in [1.29, 1.82) is 0 Å². The van der Waals surface area contributed by atoms with Crippen molar-refractivity contribution in [2.45, 2.75) is 38.3 Å². The minimum Gasteiger partial charge on any atom is -0.488 e. The van der Waals surface area contributed by atoms with Crippen LogP contribution in [0, 0.1) is 5.92 Å². The lowest BCUT2D eigenvalue weighted by Gasteiger charge is -2.32. The summed E-state index contributed by atoms with van der Waals surface area (Å²) in [4.78, 5) is 27.4. The Morgan fingerprint density at radius 1 is 1.07 bits per heavy atom. The van der Waals surface area contributed by atoms with Crippen molar-refractivity contribution in [1.82, 2.24) is 10.2 Å². The van der Waals surface area contributed by atoms with E-state index in [1.807, 2.05) is 36.4 Å². The highest BCUT2D eigenvalue weighted by Gasteiger charge is 2.32. The molecule has 2 aromatic rings. The van der Waals surface area contributed by atoms with Crippen LogP contribution in [0.3, 0.4) is 0 Å². The molecular formula is C23H25ClN2O3. The van der Waals surface area contributed by atoms with Crippen LogP contribution >= 0.6 is 11.6 Å². The number of halogens is 1. The summed E-state index contributed by atoms with van der Waals surface area (Å²) in [5, 5.41) is 3.70. The number of amides is 2. The van der Waals surface area contributed by atoms with Crippen LogP contribution in [-0.2, 0) is 11.4 Å². The Morgan fingerprint density at radius 2 is 1.83 bits per heavy atom. The molecule has 2 amide bonds. The number of piperidine rings is 1. The zero-order valence-electron chi connectivity index (χ0n) is 16.3. The molecular weight excluding hydrogens is 388 g/mol. The van der Waals surface area contributed by atoms with E-state index in [1.54, 1.807) is 17.0 Å². The fourth-order valence-corrected chi connectivity index (χ4v) is 3.82. The highest BCUT2D eigenvalue weighted by molar-refractivity contribution is 6.31. The monoisotopic (exact) mass is 412 g/mol. The van der Waals surface area contributed by atoms with Crippen molar-refractivity contribution in [3.05, 3.63) is 64.7 Å². The van der Waals surface area contributed by atoms with E-state index in [2.05, 4.69) is 5.32 Å². The number of hydrogen-bond acceptors (Lipinski definition) is 3. The summed E-state index contributed by atoms with van der Waals surface area (Å²) in [6, 6.07) is 15.1. The molecule has 1 N–H and O–H groups in total. The maximum absolute atomic E-state index is 13.2. The van der Waals surface area contributed by atoms with Crippen LogP contribution in [-0.4, -0.2) is 35.8 Å². The van der Waals surface area contributed by atoms with Crippen molar-refractivity contribution in [3.8, 4) is 5.75 Å². The number of carbonyl (C=O) groups excluding carboxylic acids is 2. The molecule has 2 aliphatic rings. The fraction of sp³-hybridized carbons (Fsp3) is 0.391. The van der Waals surface area contributed by atoms with Crippen LogP contribution in [0.4, 0.5) is 0 Å². The van der Waals surface area contributed by atoms with Crippen LogP contribution in [0.2, 0.25) is 5.02 Å². The third kappa shape index (κ3) is 4.91. The number of carbonyl (C=O) groups is 2. The van der Waals surface area contributed by atoms with Gasteiger partial charge in [0, 0.05) is 29.7 Å². The lowest BCUT2D eigenvalue weighted by atomic mass is 9.96. The Bertz CT molecular complexity index is 897. The summed E-state index contributed by atoms with van der Waals surface area (Å²) in [5.41, 5.74) is 1.38. The van der Waals surface area contributed by atoms with Crippen LogP contribution in [0.25, 0.3) is 0 Å². The second-order valence-corrected chi connectivity index (χ2v) is 8.16. The number of rotatable bonds is 6. The number of benzene rings is 2. The quantitative estimate of drug-likeness (QED) is 0.778. The SMILES string of the molecule is O=C(NC1CC1)C1CCCN(C(=O)c2ccccc2OCc2ccccc2Cl)C1. The number of hydrogen-bond donors (Lipinski definition) is 1. The highest BCUT2D eigenvalue weighted by Crippen LogP contribution is 2.26. The average Bonchev–Trinajstić information content (AvgIpc) is 3.57. The van der Waals surface area contributed by atoms with E-state index in [1.165, 1.54) is 0 Å². The summed E-state index contributed by atoms with van der Waals surface area (Å²) in [7, 11) is 0. The molecule has 0 bridgehead atoms. The molecule has 1 atom stereocenters. The van der Waals surface area contributed by atoms with Gasteiger partial charge in [-0.2, -0.15) is 0 Å². The van der Waals surface area contributed by atoms with Crippen molar-refractivity contribution in [2.24, 2.45) is 5.92 Å². The van der Waals surface area contributed by atoms with E-state index in [9.17, 15) is 9.59 Å². The largest absolute Gasteiger partial charge is 0.488 e. The van der Waals surface area contributed by atoms with Crippen molar-refractivity contribution < 1.29 is 14.3 Å². The van der Waals surface area contributed by atoms with E-state index in [-0.39, 0.29) is 24.3 Å². The van der Waals surface area contributed by atoms with Gasteiger partial charge in [-0.1, -0.05) is 41.9 Å². The first-order valence-corrected chi connectivity index (χ1v) is 10.5. The normalized spacial score (nSPS) is 18.9. The molecule has 1 saturated heterocycles. The maximum atomic E-state index is 13.2. The van der Waals surface area contributed by atoms with Crippen molar-refractivity contribution >= 4 is 23.4 Å². The number of para-hydroxylation sites is 1. The molecule has 2 aromatic carbocycles. The Labute approximate surface area is 176 Å². The summed E-state index contributed by atoms with van der Waals surface area (Å²) in [6.07, 6.45) is 3.79. The van der Waals surface area contributed by atoms with E-state index >= 15 is 0 Å². The van der Waals surface area contributed by atoms with Crippen molar-refractivity contribution in [3.63, 3.8) is 0 Å². The lowest BCUT2D eigenvalue weighted by molar-refractivity contribution is -0.126. The molecule has 0 spiro atoms. The maximum Gasteiger partial charge on any atom is 0.257 e. The molecule has 5 nitrogen and oxygen atoms in total. The minimum atomic E-state index is -0.135. The van der Waals surface area contributed by atoms with Gasteiger partial charge in [0.05, 0.1) is 11.5 Å². The summed E-state index contributed by atoms with van der Waals surface area (Å²) in [5.74, 6) is 0.378. The van der Waals surface area contributed by atoms with Gasteiger partial charge in [0.1, 0.15) is 12.4 Å². The van der Waals surface area contributed by atoms with E-state index < -0.39 is 0 Å². The second-order valence-electron chi connectivity index (χ2n) is 7.75. The number of nitrogens with zero attached hydrogens (tertiary/aromatic N) is 1. The molecule has 1 aliphatic carbocycles. The minimum absolute atomic E-state index is 0.0771. The Kier molecular flexibility index (Phi) is 6.05. The van der Waals surface area contributed by atoms with Crippen LogP contribution in [0.1, 0.15) is 41.6 Å². The van der Waals surface area contributed by atoms with Gasteiger partial charge in [-0.05, 0) is 43.9 Å². The van der Waals surface area contributed by atoms with Gasteiger partial charge in [-0.25, -0.2) is 0 Å². The molecule has 4 rings (SSSR count). The third-order valence-corrected chi connectivity index (χ3v) is 5.83. The number of nitrogens with one attached hydrogen (secondary N) is 1. The second kappa shape index (κ2) is 8.87. The van der Waals surface area contributed by atoms with E-state index in [4.69, 9.17) is 16.3 Å². The average molecular weight is 413 g/mol. The molecule has 1 aliphatic heterocycles. The first-order valence-electron chi connectivity index (χ1n) is 10.2. The Morgan fingerprint density at radius 3 is 2.62 bits per heavy atom. The summed E-state index contributed by atoms with van der Waals surface area (Å²) >= 11 is 6.21. The Balaban J connectivity index is 1.44. The summed E-state index contributed by atoms with van der Waals surface area (Å²) < 4.78 is 5.94. The lowest BCUT2D eigenvalue weighted by Crippen LogP contribution is -2.46. The molecule has 6 heteroatoms. The van der Waals surface area contributed by atoms with Gasteiger partial charge in [-0.15, -0.1) is 0 Å². The van der Waals surface area contributed by atoms with E-state index in [0.717, 1.165) is 31.2 Å². The first-order chi connectivity index (χ1) is 14.1. The molecule has 0 radical (unpaired) electrons. The van der Waals surface area contributed by atoms with Gasteiger partial charge >= 0.3 is 0 Å². The molecule has 152 valence electrons. The molecule has 0 aromatic heterocycles. The molecule has 29 heavy (non-hydrogen) atoms. The standard InChI is InChI=1S/C23H25ClN2O3/c24-20-9-3-1-6-17(20)15-29-21-10-4-2-8-19(21)23(28)26-13-5-7-16(14-26)22(27)25-18-11-12-18/h1-4,6,8-10,16,18H,5,7,11-15H2,(H,25,27). The Hall–Kier alpha value is -2.53. The van der Waals surface area contributed by atoms with Gasteiger partial charge < -0.3 is 15.0 Å². The van der Waals surface area contributed by atoms with Crippen LogP contribution in [0.5, 0.6) is 5.75 Å². The van der Waals surface area contributed by atoms with Gasteiger partial charge in [0.15, 0.2) is 0 Å². The summed E-state index contributed by atoms with van der Waals surface area (Å²) in [6.45, 7) is 1.40. The molecule has 1 saturated carbocycles. The third-order valence-electron chi connectivity index (χ3n) is 5.46. The number of likely N-dealkylation sites (tertiary alicyclic amines) is 1. The smallest absolute Gasteiger partial charge is 0.257 e. The molecule has 2 fully saturated rings. The van der Waals surface area contributed by atoms with Gasteiger partial charge in [0.2, 0.25) is 5.91 Å². The topological polar surface area (TPSA) is 58.6 Å².